The van der Waals surface area contributed by atoms with Crippen LogP contribution in [0.4, 0.5) is 0 Å². The Morgan fingerprint density at radius 2 is 1.95 bits per heavy atom. The lowest BCUT2D eigenvalue weighted by Crippen LogP contribution is -2.39. The average molecular weight is 308 g/mol. The van der Waals surface area contributed by atoms with E-state index in [0.29, 0.717) is 10.8 Å². The first kappa shape index (κ1) is 15.4. The second kappa shape index (κ2) is 6.68. The molecule has 0 spiro atoms. The van der Waals surface area contributed by atoms with Crippen LogP contribution in [-0.2, 0) is 4.79 Å². The molecule has 0 aliphatic heterocycles. The van der Waals surface area contributed by atoms with Crippen LogP contribution in [-0.4, -0.2) is 24.0 Å². The van der Waals surface area contributed by atoms with Gasteiger partial charge in [0.2, 0.25) is 0 Å². The summed E-state index contributed by atoms with van der Waals surface area (Å²) >= 11 is 6.03. The molecule has 0 bridgehead atoms. The number of likely N-dealkylation sites (N-methyl/N-ethyl adjacent to an activating group) is 1. The molecule has 0 radical (unpaired) electrons. The van der Waals surface area contributed by atoms with Gasteiger partial charge in [-0.25, -0.2) is 0 Å². The van der Waals surface area contributed by atoms with Crippen molar-refractivity contribution < 1.29 is 13.9 Å². The van der Waals surface area contributed by atoms with E-state index < -0.39 is 6.10 Å². The van der Waals surface area contributed by atoms with Gasteiger partial charge in [0.15, 0.2) is 6.10 Å². The molecule has 0 saturated heterocycles. The molecular weight excluding hydrogens is 290 g/mol. The Labute approximate surface area is 129 Å². The Morgan fingerprint density at radius 1 is 1.24 bits per heavy atom. The molecule has 0 fully saturated rings. The van der Waals surface area contributed by atoms with Gasteiger partial charge in [-0.15, -0.1) is 0 Å². The van der Waals surface area contributed by atoms with Crippen LogP contribution in [0.5, 0.6) is 5.75 Å². The molecule has 1 heterocycles. The van der Waals surface area contributed by atoms with E-state index in [0.717, 1.165) is 5.76 Å². The molecule has 1 amide bonds. The van der Waals surface area contributed by atoms with Gasteiger partial charge in [-0.1, -0.05) is 23.7 Å². The fourth-order valence-corrected chi connectivity index (χ4v) is 2.16. The van der Waals surface area contributed by atoms with Crippen molar-refractivity contribution in [2.75, 3.05) is 7.05 Å². The predicted octanol–water partition coefficient (Wildman–Crippen LogP) is 3.92. The van der Waals surface area contributed by atoms with Gasteiger partial charge in [0, 0.05) is 7.05 Å². The maximum absolute atomic E-state index is 12.4. The summed E-state index contributed by atoms with van der Waals surface area (Å²) < 4.78 is 11.0. The largest absolute Gasteiger partial charge is 0.479 e. The number of rotatable bonds is 5. The monoisotopic (exact) mass is 307 g/mol. The normalized spacial score (nSPS) is 13.5. The lowest BCUT2D eigenvalue weighted by Gasteiger charge is -2.26. The van der Waals surface area contributed by atoms with Crippen LogP contribution in [0.25, 0.3) is 0 Å². The number of carbonyl (C=O) groups is 1. The molecule has 4 nitrogen and oxygen atoms in total. The van der Waals surface area contributed by atoms with Crippen molar-refractivity contribution in [2.24, 2.45) is 0 Å². The first-order chi connectivity index (χ1) is 10.0. The van der Waals surface area contributed by atoms with Crippen molar-refractivity contribution in [1.82, 2.24) is 4.90 Å². The summed E-state index contributed by atoms with van der Waals surface area (Å²) in [5, 5.41) is 0.485. The Morgan fingerprint density at radius 3 is 2.57 bits per heavy atom. The van der Waals surface area contributed by atoms with Crippen molar-refractivity contribution in [3.05, 3.63) is 53.4 Å². The highest BCUT2D eigenvalue weighted by Gasteiger charge is 2.25. The minimum atomic E-state index is -0.632. The van der Waals surface area contributed by atoms with Crippen LogP contribution in [0.3, 0.4) is 0 Å². The van der Waals surface area contributed by atoms with Gasteiger partial charge >= 0.3 is 0 Å². The predicted molar refractivity (Wildman–Crippen MR) is 81.4 cm³/mol. The number of para-hydroxylation sites is 1. The van der Waals surface area contributed by atoms with E-state index in [-0.39, 0.29) is 11.9 Å². The summed E-state index contributed by atoms with van der Waals surface area (Å²) in [7, 11) is 1.72. The minimum absolute atomic E-state index is 0.140. The molecule has 0 aliphatic carbocycles. The first-order valence-corrected chi connectivity index (χ1v) is 7.09. The molecule has 2 aromatic rings. The molecule has 2 atom stereocenters. The van der Waals surface area contributed by atoms with E-state index in [1.807, 2.05) is 25.1 Å². The number of amides is 1. The lowest BCUT2D eigenvalue weighted by atomic mass is 10.2. The van der Waals surface area contributed by atoms with E-state index in [1.54, 1.807) is 43.3 Å². The third-order valence-corrected chi connectivity index (χ3v) is 3.68. The molecule has 1 aromatic carbocycles. The van der Waals surface area contributed by atoms with Crippen molar-refractivity contribution in [2.45, 2.75) is 26.0 Å². The molecule has 2 rings (SSSR count). The quantitative estimate of drug-likeness (QED) is 0.841. The van der Waals surface area contributed by atoms with Gasteiger partial charge in [0.25, 0.3) is 5.91 Å². The molecule has 2 unspecified atom stereocenters. The zero-order chi connectivity index (χ0) is 15.4. The number of hydrogen-bond acceptors (Lipinski definition) is 3. The average Bonchev–Trinajstić information content (AvgIpc) is 3.01. The number of carbonyl (C=O) groups excluding carboxylic acids is 1. The molecule has 1 aromatic heterocycles. The van der Waals surface area contributed by atoms with Gasteiger partial charge in [-0.3, -0.25) is 4.79 Å². The van der Waals surface area contributed by atoms with Crippen LogP contribution in [0.2, 0.25) is 5.02 Å². The van der Waals surface area contributed by atoms with Crippen molar-refractivity contribution >= 4 is 17.5 Å². The summed E-state index contributed by atoms with van der Waals surface area (Å²) in [4.78, 5) is 14.0. The number of furan rings is 1. The van der Waals surface area contributed by atoms with E-state index in [4.69, 9.17) is 20.8 Å². The van der Waals surface area contributed by atoms with Crippen molar-refractivity contribution in [1.29, 1.82) is 0 Å². The third kappa shape index (κ3) is 3.58. The Kier molecular flexibility index (Phi) is 4.91. The summed E-state index contributed by atoms with van der Waals surface area (Å²) in [5.41, 5.74) is 0. The molecule has 5 heteroatoms. The second-order valence-corrected chi connectivity index (χ2v) is 5.24. The zero-order valence-corrected chi connectivity index (χ0v) is 13.0. The minimum Gasteiger partial charge on any atom is -0.479 e. The standard InChI is InChI=1S/C16H18ClNO3/c1-11(14-9-6-10-20-14)18(3)16(19)12(2)21-15-8-5-4-7-13(15)17/h4-12H,1-3H3. The number of ether oxygens (including phenoxy) is 1. The van der Waals surface area contributed by atoms with Gasteiger partial charge in [0.1, 0.15) is 11.5 Å². The number of hydrogen-bond donors (Lipinski definition) is 0. The number of benzene rings is 1. The van der Waals surface area contributed by atoms with E-state index in [2.05, 4.69) is 0 Å². The Bertz CT molecular complexity index is 597. The smallest absolute Gasteiger partial charge is 0.263 e. The lowest BCUT2D eigenvalue weighted by molar-refractivity contribution is -0.138. The highest BCUT2D eigenvalue weighted by atomic mass is 35.5. The Hall–Kier alpha value is -1.94. The number of nitrogens with zero attached hydrogens (tertiary/aromatic N) is 1. The van der Waals surface area contributed by atoms with Gasteiger partial charge in [-0.05, 0) is 38.1 Å². The van der Waals surface area contributed by atoms with Crippen LogP contribution < -0.4 is 4.74 Å². The van der Waals surface area contributed by atoms with E-state index in [9.17, 15) is 4.79 Å². The zero-order valence-electron chi connectivity index (χ0n) is 12.2. The molecule has 0 saturated carbocycles. The number of halogens is 1. The molecular formula is C16H18ClNO3. The molecule has 21 heavy (non-hydrogen) atoms. The Balaban J connectivity index is 2.03. The summed E-state index contributed by atoms with van der Waals surface area (Å²) in [6.45, 7) is 3.61. The van der Waals surface area contributed by atoms with Gasteiger partial charge in [0.05, 0.1) is 17.3 Å². The maximum atomic E-state index is 12.4. The SMILES string of the molecule is CC(Oc1ccccc1Cl)C(=O)N(C)C(C)c1ccco1. The summed E-state index contributed by atoms with van der Waals surface area (Å²) in [5.74, 6) is 1.09. The molecule has 0 aliphatic rings. The van der Waals surface area contributed by atoms with Gasteiger partial charge < -0.3 is 14.1 Å². The van der Waals surface area contributed by atoms with Crippen LogP contribution in [0, 0.1) is 0 Å². The fourth-order valence-electron chi connectivity index (χ4n) is 1.98. The van der Waals surface area contributed by atoms with E-state index in [1.165, 1.54) is 0 Å². The van der Waals surface area contributed by atoms with Crippen LogP contribution in [0.15, 0.2) is 47.1 Å². The first-order valence-electron chi connectivity index (χ1n) is 6.72. The van der Waals surface area contributed by atoms with E-state index >= 15 is 0 Å². The third-order valence-electron chi connectivity index (χ3n) is 3.37. The molecule has 0 N–H and O–H groups in total. The van der Waals surface area contributed by atoms with Crippen LogP contribution >= 0.6 is 11.6 Å². The second-order valence-electron chi connectivity index (χ2n) is 4.83. The summed E-state index contributed by atoms with van der Waals surface area (Å²) in [6, 6.07) is 10.6. The summed E-state index contributed by atoms with van der Waals surface area (Å²) in [6.07, 6.45) is 0.959. The highest BCUT2D eigenvalue weighted by molar-refractivity contribution is 6.32. The fraction of sp³-hybridized carbons (Fsp3) is 0.312. The van der Waals surface area contributed by atoms with Crippen molar-refractivity contribution in [3.63, 3.8) is 0 Å². The van der Waals surface area contributed by atoms with Crippen LogP contribution in [0.1, 0.15) is 25.6 Å². The molecule has 112 valence electrons. The highest BCUT2D eigenvalue weighted by Crippen LogP contribution is 2.25. The maximum Gasteiger partial charge on any atom is 0.263 e. The van der Waals surface area contributed by atoms with Crippen molar-refractivity contribution in [3.8, 4) is 5.75 Å². The topological polar surface area (TPSA) is 42.7 Å². The van der Waals surface area contributed by atoms with Gasteiger partial charge in [-0.2, -0.15) is 0 Å².